The number of halogens is 3. The average Bonchev–Trinajstić information content (AvgIpc) is 3.16. The summed E-state index contributed by atoms with van der Waals surface area (Å²) in [5.74, 6) is -1.90. The number of hydrogen-bond donors (Lipinski definition) is 1. The zero-order valence-electron chi connectivity index (χ0n) is 16.3. The van der Waals surface area contributed by atoms with Crippen LogP contribution < -0.4 is 9.88 Å². The maximum Gasteiger partial charge on any atom is 0.238 e. The van der Waals surface area contributed by atoms with Gasteiger partial charge in [0.15, 0.2) is 0 Å². The predicted octanol–water partition coefficient (Wildman–Crippen LogP) is 5.12. The number of nitrogens with zero attached hydrogens (tertiary/aromatic N) is 1. The summed E-state index contributed by atoms with van der Waals surface area (Å²) in [6.07, 6.45) is 0. The lowest BCUT2D eigenvalue weighted by Gasteiger charge is -2.04. The lowest BCUT2D eigenvalue weighted by molar-refractivity contribution is 0.302. The fourth-order valence-electron chi connectivity index (χ4n) is 2.98. The molecule has 0 atom stereocenters. The standard InChI is InChI=1S/C22H15F3N2O3S2/c23-15-5-1-14(2-6-15)22-21(13-3-7-19(8-4-13)32(26,28)29)27-20(31-22)12-30-18-10-16(24)9-17(25)11-18/h1-11H,12H2,(H2,26,28,29). The van der Waals surface area contributed by atoms with Crippen LogP contribution in [0.15, 0.2) is 71.6 Å². The molecule has 0 aliphatic rings. The Balaban J connectivity index is 1.70. The summed E-state index contributed by atoms with van der Waals surface area (Å²) < 4.78 is 68.7. The predicted molar refractivity (Wildman–Crippen MR) is 115 cm³/mol. The molecule has 0 saturated carbocycles. The van der Waals surface area contributed by atoms with E-state index in [1.54, 1.807) is 24.3 Å². The average molecular weight is 477 g/mol. The SMILES string of the molecule is NS(=O)(=O)c1ccc(-c2nc(COc3cc(F)cc(F)c3)sc2-c2ccc(F)cc2)cc1. The van der Waals surface area contributed by atoms with Gasteiger partial charge in [0, 0.05) is 23.8 Å². The van der Waals surface area contributed by atoms with Crippen LogP contribution in [0.4, 0.5) is 13.2 Å². The number of primary sulfonamides is 1. The molecule has 0 saturated heterocycles. The molecular formula is C22H15F3N2O3S2. The first-order valence-corrected chi connectivity index (χ1v) is 11.5. The highest BCUT2D eigenvalue weighted by molar-refractivity contribution is 7.89. The molecule has 0 fully saturated rings. The molecule has 4 aromatic rings. The molecule has 0 amide bonds. The molecule has 164 valence electrons. The van der Waals surface area contributed by atoms with Gasteiger partial charge in [-0.15, -0.1) is 11.3 Å². The molecule has 0 unspecified atom stereocenters. The van der Waals surface area contributed by atoms with E-state index in [4.69, 9.17) is 9.88 Å². The van der Waals surface area contributed by atoms with Crippen molar-refractivity contribution >= 4 is 21.4 Å². The van der Waals surface area contributed by atoms with Gasteiger partial charge in [0.1, 0.15) is 34.8 Å². The first-order valence-electron chi connectivity index (χ1n) is 9.17. The molecule has 0 bridgehead atoms. The van der Waals surface area contributed by atoms with Crippen molar-refractivity contribution in [3.63, 3.8) is 0 Å². The van der Waals surface area contributed by atoms with Crippen molar-refractivity contribution in [3.8, 4) is 27.4 Å². The van der Waals surface area contributed by atoms with Gasteiger partial charge >= 0.3 is 0 Å². The second-order valence-electron chi connectivity index (χ2n) is 6.76. The van der Waals surface area contributed by atoms with Crippen LogP contribution in [0.25, 0.3) is 21.7 Å². The van der Waals surface area contributed by atoms with E-state index in [1.165, 1.54) is 35.6 Å². The minimum absolute atomic E-state index is 0.0140. The van der Waals surface area contributed by atoms with Crippen molar-refractivity contribution in [1.82, 2.24) is 4.98 Å². The van der Waals surface area contributed by atoms with Crippen LogP contribution >= 0.6 is 11.3 Å². The van der Waals surface area contributed by atoms with Crippen molar-refractivity contribution in [3.05, 3.63) is 89.2 Å². The molecule has 2 N–H and O–H groups in total. The summed E-state index contributed by atoms with van der Waals surface area (Å²) in [5.41, 5.74) is 1.82. The lowest BCUT2D eigenvalue weighted by atomic mass is 10.1. The monoisotopic (exact) mass is 476 g/mol. The third-order valence-electron chi connectivity index (χ3n) is 4.43. The van der Waals surface area contributed by atoms with Crippen LogP contribution in [0.3, 0.4) is 0 Å². The number of thiazole rings is 1. The summed E-state index contributed by atoms with van der Waals surface area (Å²) in [7, 11) is -3.85. The second-order valence-corrected chi connectivity index (χ2v) is 9.40. The van der Waals surface area contributed by atoms with Crippen LogP contribution in [0.5, 0.6) is 5.75 Å². The summed E-state index contributed by atoms with van der Waals surface area (Å²) in [6, 6.07) is 14.5. The van der Waals surface area contributed by atoms with Crippen molar-refractivity contribution in [2.24, 2.45) is 5.14 Å². The molecule has 5 nitrogen and oxygen atoms in total. The van der Waals surface area contributed by atoms with E-state index in [1.807, 2.05) is 0 Å². The number of hydrogen-bond acceptors (Lipinski definition) is 5. The van der Waals surface area contributed by atoms with Crippen LogP contribution in [0.2, 0.25) is 0 Å². The Morgan fingerprint density at radius 3 is 2.03 bits per heavy atom. The number of sulfonamides is 1. The van der Waals surface area contributed by atoms with E-state index in [2.05, 4.69) is 4.98 Å². The second kappa shape index (κ2) is 8.73. The van der Waals surface area contributed by atoms with Crippen LogP contribution in [0, 0.1) is 17.5 Å². The Morgan fingerprint density at radius 1 is 0.844 bits per heavy atom. The summed E-state index contributed by atoms with van der Waals surface area (Å²) in [4.78, 5) is 5.21. The maximum atomic E-state index is 13.4. The van der Waals surface area contributed by atoms with Crippen LogP contribution in [-0.2, 0) is 16.6 Å². The van der Waals surface area contributed by atoms with Crippen molar-refractivity contribution in [2.45, 2.75) is 11.5 Å². The zero-order chi connectivity index (χ0) is 22.9. The van der Waals surface area contributed by atoms with E-state index in [0.717, 1.165) is 18.2 Å². The molecule has 32 heavy (non-hydrogen) atoms. The highest BCUT2D eigenvalue weighted by Gasteiger charge is 2.17. The number of aromatic nitrogens is 1. The fourth-order valence-corrected chi connectivity index (χ4v) is 4.50. The van der Waals surface area contributed by atoms with E-state index < -0.39 is 27.5 Å². The first-order chi connectivity index (χ1) is 15.2. The number of nitrogens with two attached hydrogens (primary N) is 1. The maximum absolute atomic E-state index is 13.4. The number of rotatable bonds is 6. The Hall–Kier alpha value is -3.21. The molecule has 0 spiro atoms. The van der Waals surface area contributed by atoms with E-state index >= 15 is 0 Å². The van der Waals surface area contributed by atoms with Gasteiger partial charge in [-0.1, -0.05) is 24.3 Å². The third-order valence-corrected chi connectivity index (χ3v) is 6.44. The molecule has 0 aliphatic carbocycles. The molecule has 0 aliphatic heterocycles. The van der Waals surface area contributed by atoms with Crippen molar-refractivity contribution < 1.29 is 26.3 Å². The molecule has 1 aromatic heterocycles. The van der Waals surface area contributed by atoms with E-state index in [9.17, 15) is 21.6 Å². The topological polar surface area (TPSA) is 82.3 Å². The first kappa shape index (κ1) is 22.0. The Bertz CT molecular complexity index is 1350. The van der Waals surface area contributed by atoms with Gasteiger partial charge < -0.3 is 4.74 Å². The van der Waals surface area contributed by atoms with Gasteiger partial charge in [0.25, 0.3) is 0 Å². The molecule has 3 aromatic carbocycles. The van der Waals surface area contributed by atoms with Crippen LogP contribution in [-0.4, -0.2) is 13.4 Å². The highest BCUT2D eigenvalue weighted by atomic mass is 32.2. The smallest absolute Gasteiger partial charge is 0.238 e. The minimum atomic E-state index is -3.85. The van der Waals surface area contributed by atoms with Gasteiger partial charge in [-0.25, -0.2) is 31.7 Å². The quantitative estimate of drug-likeness (QED) is 0.419. The largest absolute Gasteiger partial charge is 0.486 e. The lowest BCUT2D eigenvalue weighted by Crippen LogP contribution is -2.11. The highest BCUT2D eigenvalue weighted by Crippen LogP contribution is 2.37. The molecule has 4 rings (SSSR count). The van der Waals surface area contributed by atoms with Gasteiger partial charge in [-0.2, -0.15) is 0 Å². The normalized spacial score (nSPS) is 11.5. The zero-order valence-corrected chi connectivity index (χ0v) is 17.9. The van der Waals surface area contributed by atoms with Crippen molar-refractivity contribution in [1.29, 1.82) is 0 Å². The Labute approximate surface area is 186 Å². The van der Waals surface area contributed by atoms with Crippen LogP contribution in [0.1, 0.15) is 5.01 Å². The van der Waals surface area contributed by atoms with Gasteiger partial charge in [-0.3, -0.25) is 0 Å². The van der Waals surface area contributed by atoms with E-state index in [-0.39, 0.29) is 17.3 Å². The summed E-state index contributed by atoms with van der Waals surface area (Å²) >= 11 is 1.26. The number of benzene rings is 3. The number of ether oxygens (including phenoxy) is 1. The summed E-state index contributed by atoms with van der Waals surface area (Å²) in [6.45, 7) is -0.0585. The fraction of sp³-hybridized carbons (Fsp3) is 0.0455. The molecule has 0 radical (unpaired) electrons. The molecular weight excluding hydrogens is 461 g/mol. The van der Waals surface area contributed by atoms with E-state index in [0.29, 0.717) is 26.7 Å². The summed E-state index contributed by atoms with van der Waals surface area (Å²) in [5, 5.41) is 5.65. The van der Waals surface area contributed by atoms with Crippen molar-refractivity contribution in [2.75, 3.05) is 0 Å². The third kappa shape index (κ3) is 4.98. The molecule has 1 heterocycles. The van der Waals surface area contributed by atoms with Gasteiger partial charge in [0.05, 0.1) is 15.5 Å². The van der Waals surface area contributed by atoms with Gasteiger partial charge in [0.2, 0.25) is 10.0 Å². The minimum Gasteiger partial charge on any atom is -0.486 e. The molecule has 10 heteroatoms. The Morgan fingerprint density at radius 2 is 1.44 bits per heavy atom. The van der Waals surface area contributed by atoms with Gasteiger partial charge in [-0.05, 0) is 29.8 Å². The Kier molecular flexibility index (Phi) is 6.00.